The second-order valence-corrected chi connectivity index (χ2v) is 6.16. The van der Waals surface area contributed by atoms with Crippen molar-refractivity contribution in [2.45, 2.75) is 24.5 Å². The van der Waals surface area contributed by atoms with Gasteiger partial charge in [-0.05, 0) is 6.26 Å². The monoisotopic (exact) mass is 358 g/mol. The Labute approximate surface area is 139 Å². The number of halogens is 1. The molecule has 1 aliphatic rings. The van der Waals surface area contributed by atoms with Gasteiger partial charge in [-0.1, -0.05) is 0 Å². The van der Waals surface area contributed by atoms with Crippen molar-refractivity contribution in [2.24, 2.45) is 5.29 Å². The van der Waals surface area contributed by atoms with Gasteiger partial charge in [-0.15, -0.1) is 4.91 Å². The maximum Gasteiger partial charge on any atom is 0.312 e. The van der Waals surface area contributed by atoms with Crippen LogP contribution in [0, 0.1) is 11.0 Å². The lowest BCUT2D eigenvalue weighted by Gasteiger charge is -2.16. The Hall–Kier alpha value is -1.89. The first kappa shape index (κ1) is 17.0. The number of aromatic nitrogens is 4. The van der Waals surface area contributed by atoms with Crippen molar-refractivity contribution in [2.75, 3.05) is 24.1 Å². The van der Waals surface area contributed by atoms with Gasteiger partial charge in [0.2, 0.25) is 0 Å². The van der Waals surface area contributed by atoms with Crippen molar-refractivity contribution in [3.8, 4) is 0 Å². The van der Waals surface area contributed by atoms with Crippen LogP contribution in [0.3, 0.4) is 0 Å². The number of anilines is 1. The Morgan fingerprint density at radius 2 is 2.21 bits per heavy atom. The molecule has 0 amide bonds. The van der Waals surface area contributed by atoms with Crippen molar-refractivity contribution in [1.82, 2.24) is 19.5 Å². The van der Waals surface area contributed by atoms with Gasteiger partial charge in [0.1, 0.15) is 12.2 Å². The Bertz CT molecular complexity index is 760. The molecule has 0 saturated carbocycles. The summed E-state index contributed by atoms with van der Waals surface area (Å²) in [6.45, 7) is 0. The van der Waals surface area contributed by atoms with Crippen molar-refractivity contribution < 1.29 is 19.3 Å². The van der Waals surface area contributed by atoms with Crippen LogP contribution in [0.4, 0.5) is 10.2 Å². The van der Waals surface area contributed by atoms with Gasteiger partial charge in [0.05, 0.1) is 17.7 Å². The first-order chi connectivity index (χ1) is 11.5. The van der Waals surface area contributed by atoms with Crippen LogP contribution >= 0.6 is 11.8 Å². The van der Waals surface area contributed by atoms with Gasteiger partial charge in [0, 0.05) is 12.8 Å². The molecule has 1 saturated heterocycles. The summed E-state index contributed by atoms with van der Waals surface area (Å²) in [5.74, 6) is 0.369. The molecule has 12 heteroatoms. The standard InChI is InChI=1S/C12H15FN6O4S/c1-18(17-22)9-6-10(16-12(13)15-9)19(4-14-6)11-8(21)7(20)5(23-11)3-24-2/h4-5,7-8,11,20-21H,3H2,1-2H3/t5-,7-,8-,11?/m1/s1. The van der Waals surface area contributed by atoms with E-state index in [-0.39, 0.29) is 17.0 Å². The van der Waals surface area contributed by atoms with E-state index >= 15 is 0 Å². The molecule has 0 spiro atoms. The van der Waals surface area contributed by atoms with Crippen LogP contribution in [0.1, 0.15) is 6.23 Å². The predicted molar refractivity (Wildman–Crippen MR) is 83.8 cm³/mol. The van der Waals surface area contributed by atoms with E-state index in [2.05, 4.69) is 20.2 Å². The highest BCUT2D eigenvalue weighted by molar-refractivity contribution is 7.98. The number of aliphatic hydroxyl groups is 2. The molecule has 2 aromatic rings. The number of ether oxygens (including phenoxy) is 1. The van der Waals surface area contributed by atoms with E-state index in [4.69, 9.17) is 4.74 Å². The first-order valence-corrected chi connectivity index (χ1v) is 8.35. The Kier molecular flexibility index (Phi) is 4.62. The zero-order valence-corrected chi connectivity index (χ0v) is 13.6. The second-order valence-electron chi connectivity index (χ2n) is 5.25. The van der Waals surface area contributed by atoms with Crippen LogP contribution in [0.15, 0.2) is 11.6 Å². The van der Waals surface area contributed by atoms with Gasteiger partial charge in [0.15, 0.2) is 23.2 Å². The van der Waals surface area contributed by atoms with Crippen molar-refractivity contribution >= 4 is 28.7 Å². The van der Waals surface area contributed by atoms with Crippen molar-refractivity contribution in [3.63, 3.8) is 0 Å². The molecule has 130 valence electrons. The van der Waals surface area contributed by atoms with E-state index in [1.165, 1.54) is 29.7 Å². The summed E-state index contributed by atoms with van der Waals surface area (Å²) >= 11 is 1.46. The fourth-order valence-electron chi connectivity index (χ4n) is 2.59. The van der Waals surface area contributed by atoms with Crippen molar-refractivity contribution in [1.29, 1.82) is 0 Å². The van der Waals surface area contributed by atoms with E-state index in [0.29, 0.717) is 5.75 Å². The van der Waals surface area contributed by atoms with E-state index < -0.39 is 30.6 Å². The molecule has 3 rings (SSSR count). The van der Waals surface area contributed by atoms with Gasteiger partial charge in [-0.25, -0.2) is 9.99 Å². The minimum absolute atomic E-state index is 0.0223. The number of hydrogen-bond acceptors (Lipinski definition) is 9. The normalized spacial score (nSPS) is 26.9. The molecule has 1 fully saturated rings. The van der Waals surface area contributed by atoms with Gasteiger partial charge in [0.25, 0.3) is 0 Å². The highest BCUT2D eigenvalue weighted by atomic mass is 32.2. The van der Waals surface area contributed by atoms with Gasteiger partial charge >= 0.3 is 6.08 Å². The van der Waals surface area contributed by atoms with Crippen LogP contribution in [-0.2, 0) is 4.74 Å². The minimum Gasteiger partial charge on any atom is -0.387 e. The quantitative estimate of drug-likeness (QED) is 0.433. The maximum atomic E-state index is 13.7. The molecular formula is C12H15FN6O4S. The summed E-state index contributed by atoms with van der Waals surface area (Å²) in [4.78, 5) is 21.9. The Morgan fingerprint density at radius 3 is 2.88 bits per heavy atom. The molecule has 4 atom stereocenters. The second kappa shape index (κ2) is 6.55. The topological polar surface area (TPSA) is 126 Å². The average Bonchev–Trinajstić information content (AvgIpc) is 3.10. The number of imidazole rings is 1. The molecule has 1 unspecified atom stereocenters. The highest BCUT2D eigenvalue weighted by Gasteiger charge is 2.44. The fraction of sp³-hybridized carbons (Fsp3) is 0.583. The largest absolute Gasteiger partial charge is 0.387 e. The van der Waals surface area contributed by atoms with Crippen LogP contribution < -0.4 is 5.01 Å². The summed E-state index contributed by atoms with van der Waals surface area (Å²) < 4.78 is 20.7. The zero-order chi connectivity index (χ0) is 17.4. The van der Waals surface area contributed by atoms with Crippen molar-refractivity contribution in [3.05, 3.63) is 17.3 Å². The van der Waals surface area contributed by atoms with Crippen LogP contribution in [0.2, 0.25) is 0 Å². The fourth-order valence-corrected chi connectivity index (χ4v) is 3.19. The average molecular weight is 358 g/mol. The molecule has 0 aliphatic carbocycles. The molecule has 1 aliphatic heterocycles. The summed E-state index contributed by atoms with van der Waals surface area (Å²) in [5.41, 5.74) is 0.145. The zero-order valence-electron chi connectivity index (χ0n) is 12.8. The number of hydrogen-bond donors (Lipinski definition) is 2. The summed E-state index contributed by atoms with van der Waals surface area (Å²) in [6, 6.07) is 0. The van der Waals surface area contributed by atoms with Gasteiger partial charge in [-0.2, -0.15) is 26.1 Å². The van der Waals surface area contributed by atoms with Crippen LogP contribution in [-0.4, -0.2) is 67.1 Å². The summed E-state index contributed by atoms with van der Waals surface area (Å²) in [5, 5.41) is 23.8. The van der Waals surface area contributed by atoms with Gasteiger partial charge < -0.3 is 14.9 Å². The molecular weight excluding hydrogens is 343 g/mol. The number of nitrogens with zero attached hydrogens (tertiary/aromatic N) is 6. The Morgan fingerprint density at radius 1 is 1.46 bits per heavy atom. The number of rotatable bonds is 5. The molecule has 10 nitrogen and oxygen atoms in total. The number of nitroso groups, excluding NO2 is 1. The number of fused-ring (bicyclic) bond motifs is 1. The van der Waals surface area contributed by atoms with E-state index in [0.717, 1.165) is 5.01 Å². The number of aliphatic hydroxyl groups excluding tert-OH is 2. The molecule has 2 N–H and O–H groups in total. The SMILES string of the molecule is CSC[C@H]1OC(n2cnc3c(N(C)N=O)nc(F)nc32)[C@H](O)[C@@H]1O. The molecule has 3 heterocycles. The van der Waals surface area contributed by atoms with Gasteiger partial charge in [-0.3, -0.25) is 4.57 Å². The van der Waals surface area contributed by atoms with Crippen LogP contribution in [0.25, 0.3) is 11.2 Å². The Balaban J connectivity index is 2.05. The first-order valence-electron chi connectivity index (χ1n) is 6.95. The summed E-state index contributed by atoms with van der Waals surface area (Å²) in [7, 11) is 1.30. The molecule has 24 heavy (non-hydrogen) atoms. The third-order valence-corrected chi connectivity index (χ3v) is 4.41. The molecule has 0 radical (unpaired) electrons. The van der Waals surface area contributed by atoms with E-state index in [1.54, 1.807) is 0 Å². The third kappa shape index (κ3) is 2.70. The molecule has 0 bridgehead atoms. The molecule has 0 aromatic carbocycles. The lowest BCUT2D eigenvalue weighted by molar-refractivity contribution is -0.0289. The highest BCUT2D eigenvalue weighted by Crippen LogP contribution is 2.33. The smallest absolute Gasteiger partial charge is 0.312 e. The predicted octanol–water partition coefficient (Wildman–Crippen LogP) is 0.0652. The van der Waals surface area contributed by atoms with E-state index in [9.17, 15) is 19.5 Å². The number of thioether (sulfide) groups is 1. The maximum absolute atomic E-state index is 13.7. The van der Waals surface area contributed by atoms with E-state index in [1.807, 2.05) is 6.26 Å². The third-order valence-electron chi connectivity index (χ3n) is 3.75. The molecule has 2 aromatic heterocycles. The summed E-state index contributed by atoms with van der Waals surface area (Å²) in [6.07, 6.45) is -1.85. The van der Waals surface area contributed by atoms with Crippen LogP contribution in [0.5, 0.6) is 0 Å². The lowest BCUT2D eigenvalue weighted by atomic mass is 10.1. The lowest BCUT2D eigenvalue weighted by Crippen LogP contribution is -2.32. The minimum atomic E-state index is -1.23.